The van der Waals surface area contributed by atoms with Crippen LogP contribution in [0.25, 0.3) is 0 Å². The molecule has 2 N–H and O–H groups in total. The first-order valence-corrected chi connectivity index (χ1v) is 9.89. The van der Waals surface area contributed by atoms with Gasteiger partial charge in [0.2, 0.25) is 5.91 Å². The number of amides is 1. The van der Waals surface area contributed by atoms with E-state index in [9.17, 15) is 4.79 Å². The highest BCUT2D eigenvalue weighted by molar-refractivity contribution is 5.75. The first-order valence-electron chi connectivity index (χ1n) is 9.89. The fourth-order valence-electron chi connectivity index (χ4n) is 3.71. The third-order valence-electron chi connectivity index (χ3n) is 5.17. The van der Waals surface area contributed by atoms with E-state index in [2.05, 4.69) is 25.5 Å². The van der Waals surface area contributed by atoms with Crippen LogP contribution < -0.4 is 15.5 Å². The van der Waals surface area contributed by atoms with E-state index >= 15 is 0 Å². The van der Waals surface area contributed by atoms with E-state index in [1.54, 1.807) is 0 Å². The number of hydrogen-bond acceptors (Lipinski definition) is 6. The molecule has 1 aromatic rings. The summed E-state index contributed by atoms with van der Waals surface area (Å²) < 4.78 is 5.39. The number of rotatable bonds is 8. The Morgan fingerprint density at radius 2 is 2.00 bits per heavy atom. The van der Waals surface area contributed by atoms with Crippen LogP contribution in [0.2, 0.25) is 0 Å². The van der Waals surface area contributed by atoms with E-state index < -0.39 is 0 Å². The average Bonchev–Trinajstić information content (AvgIpc) is 3.17. The Morgan fingerprint density at radius 3 is 2.77 bits per heavy atom. The number of aromatic nitrogens is 2. The van der Waals surface area contributed by atoms with E-state index in [1.807, 2.05) is 13.0 Å². The van der Waals surface area contributed by atoms with Crippen LogP contribution in [0.15, 0.2) is 6.07 Å². The van der Waals surface area contributed by atoms with Gasteiger partial charge >= 0.3 is 0 Å². The third-order valence-corrected chi connectivity index (χ3v) is 5.17. The van der Waals surface area contributed by atoms with Crippen LogP contribution in [-0.2, 0) is 9.53 Å². The van der Waals surface area contributed by atoms with Gasteiger partial charge in [0.15, 0.2) is 0 Å². The maximum atomic E-state index is 11.9. The molecule has 1 amide bonds. The number of aryl methyl sites for hydroxylation is 1. The van der Waals surface area contributed by atoms with Crippen molar-refractivity contribution in [3.05, 3.63) is 11.9 Å². The van der Waals surface area contributed by atoms with Gasteiger partial charge in [-0.25, -0.2) is 9.97 Å². The molecule has 0 radical (unpaired) electrons. The van der Waals surface area contributed by atoms with Gasteiger partial charge in [-0.1, -0.05) is 25.7 Å². The van der Waals surface area contributed by atoms with Crippen LogP contribution in [-0.4, -0.2) is 55.3 Å². The largest absolute Gasteiger partial charge is 0.378 e. The third kappa shape index (κ3) is 5.83. The molecule has 0 unspecified atom stereocenters. The number of nitrogens with one attached hydrogen (secondary N) is 2. The van der Waals surface area contributed by atoms with Crippen molar-refractivity contribution in [3.63, 3.8) is 0 Å². The number of ether oxygens (including phenoxy) is 1. The van der Waals surface area contributed by atoms with Gasteiger partial charge in [-0.15, -0.1) is 0 Å². The summed E-state index contributed by atoms with van der Waals surface area (Å²) in [6.07, 6.45) is 6.95. The second-order valence-electron chi connectivity index (χ2n) is 7.22. The molecular weight excluding hydrogens is 330 g/mol. The lowest BCUT2D eigenvalue weighted by molar-refractivity contribution is -0.121. The topological polar surface area (TPSA) is 79.4 Å². The first kappa shape index (κ1) is 18.9. The number of carbonyl (C=O) groups excluding carboxylic acids is 1. The summed E-state index contributed by atoms with van der Waals surface area (Å²) in [6, 6.07) is 1.97. The van der Waals surface area contributed by atoms with Crippen molar-refractivity contribution in [2.75, 3.05) is 49.6 Å². The molecule has 144 valence electrons. The van der Waals surface area contributed by atoms with E-state index in [0.29, 0.717) is 19.5 Å². The minimum Gasteiger partial charge on any atom is -0.378 e. The van der Waals surface area contributed by atoms with E-state index in [4.69, 9.17) is 4.74 Å². The maximum absolute atomic E-state index is 11.9. The molecule has 1 saturated heterocycles. The molecule has 2 aliphatic rings. The van der Waals surface area contributed by atoms with Gasteiger partial charge in [-0.2, -0.15) is 0 Å². The highest BCUT2D eigenvalue weighted by Crippen LogP contribution is 2.28. The molecule has 2 heterocycles. The van der Waals surface area contributed by atoms with Crippen molar-refractivity contribution < 1.29 is 9.53 Å². The SMILES string of the molecule is Cc1nc(NCCNC(=O)CCC2CCCC2)cc(N2CCOCC2)n1. The van der Waals surface area contributed by atoms with Gasteiger partial charge in [0, 0.05) is 38.7 Å². The van der Waals surface area contributed by atoms with Crippen LogP contribution in [0.5, 0.6) is 0 Å². The highest BCUT2D eigenvalue weighted by atomic mass is 16.5. The molecule has 1 aliphatic heterocycles. The molecular formula is C19H31N5O2. The van der Waals surface area contributed by atoms with E-state index in [1.165, 1.54) is 25.7 Å². The maximum Gasteiger partial charge on any atom is 0.220 e. The second-order valence-corrected chi connectivity index (χ2v) is 7.22. The van der Waals surface area contributed by atoms with Crippen LogP contribution in [0, 0.1) is 12.8 Å². The zero-order chi connectivity index (χ0) is 18.2. The Bertz CT molecular complexity index is 583. The zero-order valence-corrected chi connectivity index (χ0v) is 15.8. The molecule has 0 atom stereocenters. The van der Waals surface area contributed by atoms with Crippen LogP contribution in [0.4, 0.5) is 11.6 Å². The fourth-order valence-corrected chi connectivity index (χ4v) is 3.71. The van der Waals surface area contributed by atoms with Gasteiger partial charge < -0.3 is 20.3 Å². The fraction of sp³-hybridized carbons (Fsp3) is 0.737. The predicted octanol–water partition coefficient (Wildman–Crippen LogP) is 2.12. The minimum absolute atomic E-state index is 0.159. The van der Waals surface area contributed by atoms with Gasteiger partial charge in [0.1, 0.15) is 17.5 Å². The van der Waals surface area contributed by atoms with Crippen molar-refractivity contribution in [2.24, 2.45) is 5.92 Å². The van der Waals surface area contributed by atoms with Gasteiger partial charge in [-0.3, -0.25) is 4.79 Å². The van der Waals surface area contributed by atoms with Crippen molar-refractivity contribution in [2.45, 2.75) is 45.4 Å². The molecule has 7 nitrogen and oxygen atoms in total. The van der Waals surface area contributed by atoms with Gasteiger partial charge in [0.25, 0.3) is 0 Å². The molecule has 1 saturated carbocycles. The lowest BCUT2D eigenvalue weighted by Crippen LogP contribution is -2.37. The van der Waals surface area contributed by atoms with Crippen LogP contribution in [0.1, 0.15) is 44.3 Å². The normalized spacial score (nSPS) is 18.1. The zero-order valence-electron chi connectivity index (χ0n) is 15.8. The predicted molar refractivity (Wildman–Crippen MR) is 102 cm³/mol. The number of nitrogens with zero attached hydrogens (tertiary/aromatic N) is 3. The highest BCUT2D eigenvalue weighted by Gasteiger charge is 2.16. The van der Waals surface area contributed by atoms with Crippen molar-refractivity contribution in [1.29, 1.82) is 0 Å². The molecule has 0 aromatic carbocycles. The summed E-state index contributed by atoms with van der Waals surface area (Å²) in [5, 5.41) is 6.29. The number of hydrogen-bond donors (Lipinski definition) is 2. The monoisotopic (exact) mass is 361 g/mol. The van der Waals surface area contributed by atoms with Crippen molar-refractivity contribution in [1.82, 2.24) is 15.3 Å². The molecule has 0 spiro atoms. The summed E-state index contributed by atoms with van der Waals surface area (Å²) in [4.78, 5) is 23.1. The Kier molecular flexibility index (Phi) is 7.05. The molecule has 7 heteroatoms. The minimum atomic E-state index is 0.159. The average molecular weight is 361 g/mol. The van der Waals surface area contributed by atoms with Crippen molar-refractivity contribution >= 4 is 17.5 Å². The second kappa shape index (κ2) is 9.71. The number of anilines is 2. The Balaban J connectivity index is 1.38. The molecule has 2 fully saturated rings. The molecule has 1 aliphatic carbocycles. The first-order chi connectivity index (χ1) is 12.7. The van der Waals surface area contributed by atoms with Gasteiger partial charge in [-0.05, 0) is 19.3 Å². The molecule has 0 bridgehead atoms. The lowest BCUT2D eigenvalue weighted by Gasteiger charge is -2.28. The smallest absolute Gasteiger partial charge is 0.220 e. The lowest BCUT2D eigenvalue weighted by atomic mass is 10.0. The van der Waals surface area contributed by atoms with Gasteiger partial charge in [0.05, 0.1) is 13.2 Å². The van der Waals surface area contributed by atoms with Crippen LogP contribution >= 0.6 is 0 Å². The summed E-state index contributed by atoms with van der Waals surface area (Å²) in [7, 11) is 0. The van der Waals surface area contributed by atoms with Crippen LogP contribution in [0.3, 0.4) is 0 Å². The standard InChI is InChI=1S/C19H31N5O2/c1-15-22-17(14-18(23-15)24-10-12-26-13-11-24)20-8-9-21-19(25)7-6-16-4-2-3-5-16/h14,16H,2-13H2,1H3,(H,21,25)(H,20,22,23). The number of carbonyl (C=O) groups is 1. The summed E-state index contributed by atoms with van der Waals surface area (Å²) in [6.45, 7) is 6.35. The summed E-state index contributed by atoms with van der Waals surface area (Å²) in [5.74, 6) is 3.41. The van der Waals surface area contributed by atoms with E-state index in [0.717, 1.165) is 56.1 Å². The Morgan fingerprint density at radius 1 is 1.23 bits per heavy atom. The van der Waals surface area contributed by atoms with Crippen molar-refractivity contribution in [3.8, 4) is 0 Å². The molecule has 26 heavy (non-hydrogen) atoms. The Hall–Kier alpha value is -1.89. The number of morpholine rings is 1. The quantitative estimate of drug-likeness (QED) is 0.691. The summed E-state index contributed by atoms with van der Waals surface area (Å²) >= 11 is 0. The Labute approximate surface area is 155 Å². The molecule has 1 aromatic heterocycles. The molecule has 3 rings (SSSR count). The van der Waals surface area contributed by atoms with E-state index in [-0.39, 0.29) is 5.91 Å². The summed E-state index contributed by atoms with van der Waals surface area (Å²) in [5.41, 5.74) is 0.